The highest BCUT2D eigenvalue weighted by molar-refractivity contribution is 5.96. The molecule has 0 saturated heterocycles. The Morgan fingerprint density at radius 1 is 0.581 bits per heavy atom. The van der Waals surface area contributed by atoms with Crippen molar-refractivity contribution in [2.75, 3.05) is 0 Å². The van der Waals surface area contributed by atoms with E-state index in [4.69, 9.17) is 9.97 Å². The largest absolute Gasteiger partial charge is 0.248 e. The first-order chi connectivity index (χ1) is 15.1. The van der Waals surface area contributed by atoms with E-state index in [2.05, 4.69) is 98.8 Å². The molecule has 2 aromatic heterocycles. The van der Waals surface area contributed by atoms with Crippen LogP contribution in [0.1, 0.15) is 25.0 Å². The maximum Gasteiger partial charge on any atom is 0.0753 e. The highest BCUT2D eigenvalue weighted by atomic mass is 14.8. The number of para-hydroxylation sites is 1. The molecule has 0 spiro atoms. The second kappa shape index (κ2) is 6.61. The van der Waals surface area contributed by atoms with Crippen molar-refractivity contribution in [3.8, 4) is 33.8 Å². The first-order valence-corrected chi connectivity index (χ1v) is 10.7. The van der Waals surface area contributed by atoms with Crippen LogP contribution in [-0.4, -0.2) is 9.97 Å². The van der Waals surface area contributed by atoms with Gasteiger partial charge in [-0.1, -0.05) is 92.7 Å². The summed E-state index contributed by atoms with van der Waals surface area (Å²) in [6.45, 7) is 4.57. The Hall–Kier alpha value is -3.78. The third-order valence-corrected chi connectivity index (χ3v) is 6.49. The number of benzene rings is 3. The maximum atomic E-state index is 5.22. The van der Waals surface area contributed by atoms with E-state index in [1.165, 1.54) is 16.7 Å². The molecule has 0 N–H and O–H groups in total. The van der Waals surface area contributed by atoms with E-state index in [1.54, 1.807) is 0 Å². The second-order valence-electron chi connectivity index (χ2n) is 8.70. The van der Waals surface area contributed by atoms with Crippen molar-refractivity contribution in [3.05, 3.63) is 108 Å². The van der Waals surface area contributed by atoms with Gasteiger partial charge >= 0.3 is 0 Å². The number of rotatable bonds is 2. The van der Waals surface area contributed by atoms with Gasteiger partial charge in [-0.3, -0.25) is 0 Å². The van der Waals surface area contributed by atoms with Crippen LogP contribution in [-0.2, 0) is 5.41 Å². The number of nitrogens with zero attached hydrogens (tertiary/aromatic N) is 2. The van der Waals surface area contributed by atoms with Crippen LogP contribution in [0.15, 0.2) is 97.1 Å². The molecule has 2 heterocycles. The van der Waals surface area contributed by atoms with Crippen molar-refractivity contribution in [1.29, 1.82) is 0 Å². The molecule has 5 aromatic rings. The molecule has 0 atom stereocenters. The van der Waals surface area contributed by atoms with E-state index < -0.39 is 0 Å². The van der Waals surface area contributed by atoms with Crippen LogP contribution in [0.4, 0.5) is 0 Å². The Labute approximate surface area is 182 Å². The summed E-state index contributed by atoms with van der Waals surface area (Å²) in [6, 6.07) is 33.9. The van der Waals surface area contributed by atoms with Crippen LogP contribution in [0.5, 0.6) is 0 Å². The zero-order chi connectivity index (χ0) is 21.0. The average Bonchev–Trinajstić information content (AvgIpc) is 3.05. The monoisotopic (exact) mass is 398 g/mol. The molecular formula is C29H22N2. The highest BCUT2D eigenvalue weighted by Crippen LogP contribution is 2.48. The lowest BCUT2D eigenvalue weighted by Crippen LogP contribution is -2.14. The molecule has 148 valence electrons. The molecule has 2 heteroatoms. The van der Waals surface area contributed by atoms with Crippen molar-refractivity contribution in [2.45, 2.75) is 19.3 Å². The predicted molar refractivity (Wildman–Crippen MR) is 128 cm³/mol. The predicted octanol–water partition coefficient (Wildman–Crippen LogP) is 7.27. The minimum absolute atomic E-state index is 0.0348. The maximum absolute atomic E-state index is 5.22. The van der Waals surface area contributed by atoms with E-state index in [0.29, 0.717) is 0 Å². The van der Waals surface area contributed by atoms with Gasteiger partial charge in [0.05, 0.1) is 22.6 Å². The fourth-order valence-electron chi connectivity index (χ4n) is 4.84. The summed E-state index contributed by atoms with van der Waals surface area (Å²) in [5.41, 5.74) is 10.1. The molecule has 1 aliphatic rings. The molecule has 0 saturated carbocycles. The summed E-state index contributed by atoms with van der Waals surface area (Å²) in [5.74, 6) is 0. The summed E-state index contributed by atoms with van der Waals surface area (Å²) in [7, 11) is 0. The Bertz CT molecular complexity index is 1450. The summed E-state index contributed by atoms with van der Waals surface area (Å²) >= 11 is 0. The lowest BCUT2D eigenvalue weighted by Gasteiger charge is -2.21. The number of aromatic nitrogens is 2. The van der Waals surface area contributed by atoms with Gasteiger partial charge in [0.25, 0.3) is 0 Å². The zero-order valence-electron chi connectivity index (χ0n) is 17.6. The van der Waals surface area contributed by atoms with Crippen molar-refractivity contribution in [1.82, 2.24) is 9.97 Å². The number of pyridine rings is 2. The van der Waals surface area contributed by atoms with Crippen LogP contribution >= 0.6 is 0 Å². The van der Waals surface area contributed by atoms with Gasteiger partial charge in [-0.25, -0.2) is 9.97 Å². The molecule has 0 fully saturated rings. The summed E-state index contributed by atoms with van der Waals surface area (Å²) in [5, 5.41) is 1.13. The second-order valence-corrected chi connectivity index (χ2v) is 8.70. The van der Waals surface area contributed by atoms with E-state index >= 15 is 0 Å². The average molecular weight is 399 g/mol. The van der Waals surface area contributed by atoms with Gasteiger partial charge in [0, 0.05) is 27.5 Å². The molecule has 31 heavy (non-hydrogen) atoms. The lowest BCUT2D eigenvalue weighted by atomic mass is 9.83. The Kier molecular flexibility index (Phi) is 3.85. The quantitative estimate of drug-likeness (QED) is 0.312. The zero-order valence-corrected chi connectivity index (χ0v) is 17.6. The van der Waals surface area contributed by atoms with E-state index in [0.717, 1.165) is 39.1 Å². The van der Waals surface area contributed by atoms with Gasteiger partial charge < -0.3 is 0 Å². The van der Waals surface area contributed by atoms with Gasteiger partial charge in [0.1, 0.15) is 0 Å². The Morgan fingerprint density at radius 3 is 2.19 bits per heavy atom. The number of hydrogen-bond acceptors (Lipinski definition) is 2. The molecule has 0 unspecified atom stereocenters. The van der Waals surface area contributed by atoms with Crippen LogP contribution in [0.2, 0.25) is 0 Å². The van der Waals surface area contributed by atoms with Crippen LogP contribution < -0.4 is 0 Å². The van der Waals surface area contributed by atoms with Crippen molar-refractivity contribution < 1.29 is 0 Å². The molecule has 6 rings (SSSR count). The molecule has 3 aromatic carbocycles. The Balaban J connectivity index is 1.61. The smallest absolute Gasteiger partial charge is 0.0753 e. The first-order valence-electron chi connectivity index (χ1n) is 10.7. The van der Waals surface area contributed by atoms with E-state index in [-0.39, 0.29) is 5.41 Å². The first kappa shape index (κ1) is 18.0. The molecule has 2 nitrogen and oxygen atoms in total. The molecule has 0 bridgehead atoms. The van der Waals surface area contributed by atoms with Gasteiger partial charge in [-0.05, 0) is 29.3 Å². The van der Waals surface area contributed by atoms with Crippen molar-refractivity contribution in [2.24, 2.45) is 0 Å². The highest BCUT2D eigenvalue weighted by Gasteiger charge is 2.36. The third-order valence-electron chi connectivity index (χ3n) is 6.49. The normalized spacial score (nSPS) is 13.7. The molecule has 0 aliphatic heterocycles. The molecular weight excluding hydrogens is 376 g/mol. The standard InChI is InChI=1S/C29H22N2/c1-29(2)23-14-8-6-13-21(23)28-24(29)16-17-26(31-28)22-18-27(19-10-4-3-5-11-19)30-25-15-9-7-12-20(22)25/h3-18H,1-2H3. The fraction of sp³-hybridized carbons (Fsp3) is 0.103. The lowest BCUT2D eigenvalue weighted by molar-refractivity contribution is 0.659. The summed E-state index contributed by atoms with van der Waals surface area (Å²) in [4.78, 5) is 10.2. The third kappa shape index (κ3) is 2.72. The fourth-order valence-corrected chi connectivity index (χ4v) is 4.84. The van der Waals surface area contributed by atoms with E-state index in [1.807, 2.05) is 12.1 Å². The summed E-state index contributed by atoms with van der Waals surface area (Å²) < 4.78 is 0. The topological polar surface area (TPSA) is 25.8 Å². The SMILES string of the molecule is CC1(C)c2ccccc2-c2nc(-c3cc(-c4ccccc4)nc4ccccc34)ccc21. The van der Waals surface area contributed by atoms with Crippen LogP contribution in [0.3, 0.4) is 0 Å². The number of hydrogen-bond donors (Lipinski definition) is 0. The minimum atomic E-state index is -0.0348. The minimum Gasteiger partial charge on any atom is -0.248 e. The van der Waals surface area contributed by atoms with Gasteiger partial charge in [-0.15, -0.1) is 0 Å². The van der Waals surface area contributed by atoms with Crippen LogP contribution in [0, 0.1) is 0 Å². The molecule has 1 aliphatic carbocycles. The molecule has 0 radical (unpaired) electrons. The van der Waals surface area contributed by atoms with Gasteiger partial charge in [0.2, 0.25) is 0 Å². The van der Waals surface area contributed by atoms with E-state index in [9.17, 15) is 0 Å². The molecule has 0 amide bonds. The van der Waals surface area contributed by atoms with Gasteiger partial charge in [0.15, 0.2) is 0 Å². The van der Waals surface area contributed by atoms with Crippen molar-refractivity contribution in [3.63, 3.8) is 0 Å². The number of fused-ring (bicyclic) bond motifs is 4. The summed E-state index contributed by atoms with van der Waals surface area (Å²) in [6.07, 6.45) is 0. The Morgan fingerprint density at radius 2 is 1.32 bits per heavy atom. The van der Waals surface area contributed by atoms with Crippen molar-refractivity contribution >= 4 is 10.9 Å². The van der Waals surface area contributed by atoms with Gasteiger partial charge in [-0.2, -0.15) is 0 Å². The van der Waals surface area contributed by atoms with Crippen LogP contribution in [0.25, 0.3) is 44.7 Å².